The molecule has 0 heterocycles. The molecule has 0 radical (unpaired) electrons. The summed E-state index contributed by atoms with van der Waals surface area (Å²) in [5.74, 6) is 0.485. The minimum Gasteiger partial charge on any atom is -0.497 e. The first-order valence-corrected chi connectivity index (χ1v) is 11.8. The van der Waals surface area contributed by atoms with Gasteiger partial charge in [-0.1, -0.05) is 45.0 Å². The van der Waals surface area contributed by atoms with Crippen LogP contribution < -0.4 is 14.4 Å². The van der Waals surface area contributed by atoms with Crippen molar-refractivity contribution in [1.82, 2.24) is 5.32 Å². The summed E-state index contributed by atoms with van der Waals surface area (Å²) in [5.41, 5.74) is 2.71. The Morgan fingerprint density at radius 1 is 1.03 bits per heavy atom. The van der Waals surface area contributed by atoms with Gasteiger partial charge in [-0.2, -0.15) is 0 Å². The Kier molecular flexibility index (Phi) is 7.89. The molecule has 1 amide bonds. The highest BCUT2D eigenvalue weighted by Crippen LogP contribution is 2.25. The number of ether oxygens (including phenoxy) is 1. The molecule has 2 rings (SSSR count). The van der Waals surface area contributed by atoms with Gasteiger partial charge in [0.15, 0.2) is 0 Å². The third-order valence-corrected chi connectivity index (χ3v) is 5.97. The molecule has 0 aliphatic rings. The Labute approximate surface area is 180 Å². The van der Waals surface area contributed by atoms with E-state index in [0.29, 0.717) is 12.2 Å². The van der Waals surface area contributed by atoms with Gasteiger partial charge >= 0.3 is 0 Å². The van der Waals surface area contributed by atoms with E-state index in [4.69, 9.17) is 4.74 Å². The molecular formula is C23H32N2O4S. The predicted molar refractivity (Wildman–Crippen MR) is 122 cm³/mol. The first-order chi connectivity index (χ1) is 14.0. The van der Waals surface area contributed by atoms with Gasteiger partial charge in [0.2, 0.25) is 15.9 Å². The highest BCUT2D eigenvalue weighted by molar-refractivity contribution is 7.92. The second kappa shape index (κ2) is 9.98. The molecule has 0 spiro atoms. The van der Waals surface area contributed by atoms with Crippen molar-refractivity contribution < 1.29 is 17.9 Å². The van der Waals surface area contributed by atoms with Crippen LogP contribution in [0, 0.1) is 0 Å². The van der Waals surface area contributed by atoms with Gasteiger partial charge in [0.05, 0.1) is 19.1 Å². The maximum Gasteiger partial charge on any atom is 0.240 e. The summed E-state index contributed by atoms with van der Waals surface area (Å²) in [6.07, 6.45) is 2.69. The molecule has 0 atom stereocenters. The topological polar surface area (TPSA) is 75.7 Å². The van der Waals surface area contributed by atoms with Crippen LogP contribution in [-0.2, 0) is 26.7 Å². The quantitative estimate of drug-likeness (QED) is 0.615. The molecule has 1 N–H and O–H groups in total. The number of aryl methyl sites for hydroxylation is 1. The van der Waals surface area contributed by atoms with Crippen molar-refractivity contribution in [3.63, 3.8) is 0 Å². The first-order valence-electron chi connectivity index (χ1n) is 9.98. The molecule has 0 fully saturated rings. The monoisotopic (exact) mass is 432 g/mol. The van der Waals surface area contributed by atoms with E-state index in [1.54, 1.807) is 19.2 Å². The number of nitrogens with one attached hydrogen (secondary N) is 1. The number of benzene rings is 2. The van der Waals surface area contributed by atoms with Crippen molar-refractivity contribution in [2.45, 2.75) is 39.0 Å². The average molecular weight is 433 g/mol. The Morgan fingerprint density at radius 3 is 2.13 bits per heavy atom. The number of carbonyl (C=O) groups is 1. The summed E-state index contributed by atoms with van der Waals surface area (Å²) in [4.78, 5) is 12.4. The van der Waals surface area contributed by atoms with Gasteiger partial charge in [-0.25, -0.2) is 8.42 Å². The lowest BCUT2D eigenvalue weighted by Gasteiger charge is -2.24. The number of carbonyl (C=O) groups excluding carboxylic acids is 1. The first kappa shape index (κ1) is 23.7. The van der Waals surface area contributed by atoms with Gasteiger partial charge in [0.25, 0.3) is 0 Å². The molecule has 2 aromatic carbocycles. The van der Waals surface area contributed by atoms with Crippen molar-refractivity contribution in [2.24, 2.45) is 0 Å². The number of anilines is 1. The number of amides is 1. The molecule has 164 valence electrons. The normalized spacial score (nSPS) is 11.8. The molecule has 6 nitrogen and oxygen atoms in total. The molecule has 0 aromatic heterocycles. The smallest absolute Gasteiger partial charge is 0.240 e. The molecule has 7 heteroatoms. The van der Waals surface area contributed by atoms with Crippen LogP contribution in [0.4, 0.5) is 5.69 Å². The number of hydrogen-bond donors (Lipinski definition) is 1. The molecule has 2 aromatic rings. The number of hydrogen-bond acceptors (Lipinski definition) is 4. The lowest BCUT2D eigenvalue weighted by Crippen LogP contribution is -2.40. The molecular weight excluding hydrogens is 400 g/mol. The Balaban J connectivity index is 1.92. The van der Waals surface area contributed by atoms with Crippen molar-refractivity contribution in [3.05, 3.63) is 59.7 Å². The minimum atomic E-state index is -3.58. The van der Waals surface area contributed by atoms with E-state index in [2.05, 4.69) is 26.1 Å². The van der Waals surface area contributed by atoms with Gasteiger partial charge in [0.1, 0.15) is 12.3 Å². The lowest BCUT2D eigenvalue weighted by atomic mass is 9.87. The standard InChI is InChI=1S/C23H32N2O4S/c1-23(2,3)19-10-12-20(13-11-19)25(30(5,27)28)17-22(26)24-16-6-7-18-8-14-21(29-4)15-9-18/h8-15H,6-7,16-17H2,1-5H3,(H,24,26). The van der Waals surface area contributed by atoms with Crippen molar-refractivity contribution in [3.8, 4) is 5.75 Å². The van der Waals surface area contributed by atoms with Crippen LogP contribution >= 0.6 is 0 Å². The number of sulfonamides is 1. The van der Waals surface area contributed by atoms with Crippen molar-refractivity contribution in [2.75, 3.05) is 30.8 Å². The summed E-state index contributed by atoms with van der Waals surface area (Å²) in [5, 5.41) is 2.81. The van der Waals surface area contributed by atoms with E-state index in [0.717, 1.165) is 40.3 Å². The van der Waals surface area contributed by atoms with Gasteiger partial charge in [-0.15, -0.1) is 0 Å². The average Bonchev–Trinajstić information content (AvgIpc) is 2.68. The summed E-state index contributed by atoms with van der Waals surface area (Å²) in [7, 11) is -1.95. The van der Waals surface area contributed by atoms with Crippen LogP contribution in [0.1, 0.15) is 38.3 Å². The molecule has 30 heavy (non-hydrogen) atoms. The third-order valence-electron chi connectivity index (χ3n) is 4.83. The molecule has 0 saturated heterocycles. The van der Waals surface area contributed by atoms with Crippen LogP contribution in [0.25, 0.3) is 0 Å². The molecule has 0 aliphatic carbocycles. The van der Waals surface area contributed by atoms with Gasteiger partial charge < -0.3 is 10.1 Å². The van der Waals surface area contributed by atoms with Crippen LogP contribution in [0.15, 0.2) is 48.5 Å². The van der Waals surface area contributed by atoms with Crippen molar-refractivity contribution in [1.29, 1.82) is 0 Å². The fourth-order valence-corrected chi connectivity index (χ4v) is 3.88. The zero-order chi connectivity index (χ0) is 22.4. The maximum atomic E-state index is 12.4. The summed E-state index contributed by atoms with van der Waals surface area (Å²) in [6.45, 7) is 6.52. The zero-order valence-corrected chi connectivity index (χ0v) is 19.3. The van der Waals surface area contributed by atoms with Gasteiger partial charge in [-0.3, -0.25) is 9.10 Å². The van der Waals surface area contributed by atoms with Crippen LogP contribution in [0.5, 0.6) is 5.75 Å². The highest BCUT2D eigenvalue weighted by atomic mass is 32.2. The van der Waals surface area contributed by atoms with Crippen LogP contribution in [0.2, 0.25) is 0 Å². The van der Waals surface area contributed by atoms with Gasteiger partial charge in [-0.05, 0) is 53.6 Å². The van der Waals surface area contributed by atoms with E-state index in [1.165, 1.54) is 0 Å². The third kappa shape index (κ3) is 7.06. The lowest BCUT2D eigenvalue weighted by molar-refractivity contribution is -0.119. The minimum absolute atomic E-state index is 0.0320. The summed E-state index contributed by atoms with van der Waals surface area (Å²) in [6, 6.07) is 15.1. The van der Waals surface area contributed by atoms with Crippen LogP contribution in [-0.4, -0.2) is 40.8 Å². The van der Waals surface area contributed by atoms with Crippen molar-refractivity contribution >= 4 is 21.6 Å². The Hall–Kier alpha value is -2.54. The molecule has 0 aliphatic heterocycles. The van der Waals surface area contributed by atoms with E-state index >= 15 is 0 Å². The fourth-order valence-electron chi connectivity index (χ4n) is 3.03. The van der Waals surface area contributed by atoms with Crippen LogP contribution in [0.3, 0.4) is 0 Å². The summed E-state index contributed by atoms with van der Waals surface area (Å²) >= 11 is 0. The van der Waals surface area contributed by atoms with E-state index < -0.39 is 10.0 Å². The second-order valence-corrected chi connectivity index (χ2v) is 10.3. The highest BCUT2D eigenvalue weighted by Gasteiger charge is 2.21. The number of rotatable bonds is 9. The molecule has 0 unspecified atom stereocenters. The van der Waals surface area contributed by atoms with E-state index in [9.17, 15) is 13.2 Å². The molecule has 0 saturated carbocycles. The number of nitrogens with zero attached hydrogens (tertiary/aromatic N) is 1. The van der Waals surface area contributed by atoms with E-state index in [-0.39, 0.29) is 17.9 Å². The zero-order valence-electron chi connectivity index (χ0n) is 18.4. The predicted octanol–water partition coefficient (Wildman–Crippen LogP) is 3.51. The fraction of sp³-hybridized carbons (Fsp3) is 0.435. The largest absolute Gasteiger partial charge is 0.497 e. The summed E-state index contributed by atoms with van der Waals surface area (Å²) < 4.78 is 30.8. The molecule has 0 bridgehead atoms. The number of methoxy groups -OCH3 is 1. The van der Waals surface area contributed by atoms with Gasteiger partial charge in [0, 0.05) is 6.54 Å². The maximum absolute atomic E-state index is 12.4. The van der Waals surface area contributed by atoms with E-state index in [1.807, 2.05) is 36.4 Å². The second-order valence-electron chi connectivity index (χ2n) is 8.37. The SMILES string of the molecule is COc1ccc(CCCNC(=O)CN(c2ccc(C(C)(C)C)cc2)S(C)(=O)=O)cc1. The Bertz CT molecular complexity index is 931. The Morgan fingerprint density at radius 2 is 1.63 bits per heavy atom.